The van der Waals surface area contributed by atoms with Crippen molar-refractivity contribution in [2.75, 3.05) is 0 Å². The Morgan fingerprint density at radius 1 is 1.45 bits per heavy atom. The van der Waals surface area contributed by atoms with Crippen LogP contribution < -0.4 is 0 Å². The van der Waals surface area contributed by atoms with Crippen molar-refractivity contribution in [2.45, 2.75) is 47.0 Å². The molecule has 0 aromatic carbocycles. The Morgan fingerprint density at radius 2 is 2.00 bits per heavy atom. The highest BCUT2D eigenvalue weighted by Gasteiger charge is 2.16. The number of nitrogens with zero attached hydrogens (tertiary/aromatic N) is 1. The summed E-state index contributed by atoms with van der Waals surface area (Å²) >= 11 is 0. The van der Waals surface area contributed by atoms with Gasteiger partial charge in [-0.2, -0.15) is 5.26 Å². The van der Waals surface area contributed by atoms with Gasteiger partial charge in [-0.1, -0.05) is 20.3 Å². The first-order valence-electron chi connectivity index (χ1n) is 4.43. The minimum atomic E-state index is -0.122. The van der Waals surface area contributed by atoms with Crippen molar-refractivity contribution in [3.8, 4) is 6.07 Å². The van der Waals surface area contributed by atoms with E-state index >= 15 is 0 Å². The first-order valence-corrected chi connectivity index (χ1v) is 4.43. The van der Waals surface area contributed by atoms with Crippen molar-refractivity contribution in [3.63, 3.8) is 0 Å². The van der Waals surface area contributed by atoms with Crippen molar-refractivity contribution in [1.29, 1.82) is 5.26 Å². The van der Waals surface area contributed by atoms with Gasteiger partial charge in [0, 0.05) is 0 Å². The Bertz CT molecular complexity index is 141. The van der Waals surface area contributed by atoms with Gasteiger partial charge in [-0.15, -0.1) is 0 Å². The van der Waals surface area contributed by atoms with Crippen LogP contribution in [0.15, 0.2) is 0 Å². The van der Waals surface area contributed by atoms with E-state index in [1.165, 1.54) is 12.8 Å². The van der Waals surface area contributed by atoms with Crippen LogP contribution in [-0.2, 0) is 0 Å². The number of rotatable bonds is 4. The monoisotopic (exact) mass is 153 g/mol. The second-order valence-corrected chi connectivity index (χ2v) is 4.05. The lowest BCUT2D eigenvalue weighted by Crippen LogP contribution is -2.09. The second-order valence-electron chi connectivity index (χ2n) is 4.05. The molecule has 0 spiro atoms. The van der Waals surface area contributed by atoms with Crippen LogP contribution in [-0.4, -0.2) is 0 Å². The molecule has 0 fully saturated rings. The van der Waals surface area contributed by atoms with Crippen LogP contribution in [0.3, 0.4) is 0 Å². The number of hydrogen-bond donors (Lipinski definition) is 0. The molecule has 0 aromatic heterocycles. The molecule has 0 unspecified atom stereocenters. The highest BCUT2D eigenvalue weighted by molar-refractivity contribution is 4.91. The van der Waals surface area contributed by atoms with Gasteiger partial charge in [-0.05, 0) is 32.6 Å². The van der Waals surface area contributed by atoms with Gasteiger partial charge in [-0.3, -0.25) is 0 Å². The maximum atomic E-state index is 8.73. The van der Waals surface area contributed by atoms with Gasteiger partial charge in [0.2, 0.25) is 0 Å². The van der Waals surface area contributed by atoms with Crippen molar-refractivity contribution >= 4 is 0 Å². The maximum absolute atomic E-state index is 8.73. The first kappa shape index (κ1) is 10.5. The lowest BCUT2D eigenvalue weighted by atomic mass is 9.86. The van der Waals surface area contributed by atoms with Crippen molar-refractivity contribution in [3.05, 3.63) is 0 Å². The third-order valence-corrected chi connectivity index (χ3v) is 2.26. The predicted molar refractivity (Wildman–Crippen MR) is 48.1 cm³/mol. The minimum absolute atomic E-state index is 0.122. The maximum Gasteiger partial charge on any atom is 0.0683 e. The molecular formula is C10H19N. The Kier molecular flexibility index (Phi) is 4.18. The fraction of sp³-hybridized carbons (Fsp3) is 0.900. The summed E-state index contributed by atoms with van der Waals surface area (Å²) in [5.74, 6) is 0.766. The normalized spacial score (nSPS) is 14.1. The summed E-state index contributed by atoms with van der Waals surface area (Å²) in [6.07, 6.45) is 3.43. The summed E-state index contributed by atoms with van der Waals surface area (Å²) in [4.78, 5) is 0. The van der Waals surface area contributed by atoms with E-state index in [0.717, 1.165) is 12.3 Å². The number of hydrogen-bond acceptors (Lipinski definition) is 1. The van der Waals surface area contributed by atoms with Gasteiger partial charge in [0.15, 0.2) is 0 Å². The molecule has 11 heavy (non-hydrogen) atoms. The molecule has 0 saturated heterocycles. The SMILES string of the molecule is CC[C@H](C)CCC(C)(C)C#N. The zero-order chi connectivity index (χ0) is 8.91. The van der Waals surface area contributed by atoms with Crippen LogP contribution >= 0.6 is 0 Å². The van der Waals surface area contributed by atoms with Crippen molar-refractivity contribution < 1.29 is 0 Å². The molecule has 0 aromatic rings. The fourth-order valence-corrected chi connectivity index (χ4v) is 0.867. The Labute approximate surface area is 70.4 Å². The molecule has 64 valence electrons. The van der Waals surface area contributed by atoms with E-state index in [2.05, 4.69) is 19.9 Å². The van der Waals surface area contributed by atoms with Crippen LogP contribution in [0.1, 0.15) is 47.0 Å². The minimum Gasteiger partial charge on any atom is -0.198 e. The van der Waals surface area contributed by atoms with Crippen LogP contribution in [0.5, 0.6) is 0 Å². The van der Waals surface area contributed by atoms with Gasteiger partial charge in [-0.25, -0.2) is 0 Å². The molecule has 1 nitrogen and oxygen atoms in total. The first-order chi connectivity index (χ1) is 5.02. The topological polar surface area (TPSA) is 23.8 Å². The highest BCUT2D eigenvalue weighted by Crippen LogP contribution is 2.24. The molecule has 0 aliphatic rings. The molecule has 0 aliphatic carbocycles. The Hall–Kier alpha value is -0.510. The lowest BCUT2D eigenvalue weighted by Gasteiger charge is -2.17. The summed E-state index contributed by atoms with van der Waals surface area (Å²) in [6.45, 7) is 8.46. The quantitative estimate of drug-likeness (QED) is 0.607. The summed E-state index contributed by atoms with van der Waals surface area (Å²) in [5, 5.41) is 8.73. The molecule has 1 atom stereocenters. The molecule has 0 bridgehead atoms. The van der Waals surface area contributed by atoms with E-state index in [1.54, 1.807) is 0 Å². The van der Waals surface area contributed by atoms with E-state index in [1.807, 2.05) is 13.8 Å². The third kappa shape index (κ3) is 4.84. The summed E-state index contributed by atoms with van der Waals surface area (Å²) in [7, 11) is 0. The molecule has 0 saturated carbocycles. The molecule has 0 N–H and O–H groups in total. The summed E-state index contributed by atoms with van der Waals surface area (Å²) < 4.78 is 0. The van der Waals surface area contributed by atoms with Crippen molar-refractivity contribution in [1.82, 2.24) is 0 Å². The molecular weight excluding hydrogens is 134 g/mol. The van der Waals surface area contributed by atoms with Gasteiger partial charge in [0.05, 0.1) is 11.5 Å². The summed E-state index contributed by atoms with van der Waals surface area (Å²) in [5.41, 5.74) is -0.122. The van der Waals surface area contributed by atoms with Gasteiger partial charge in [0.25, 0.3) is 0 Å². The standard InChI is InChI=1S/C10H19N/c1-5-9(2)6-7-10(3,4)8-11/h9H,5-7H2,1-4H3/t9-/m0/s1. The van der Waals surface area contributed by atoms with E-state index in [-0.39, 0.29) is 5.41 Å². The van der Waals surface area contributed by atoms with E-state index in [9.17, 15) is 0 Å². The zero-order valence-electron chi connectivity index (χ0n) is 8.15. The average molecular weight is 153 g/mol. The lowest BCUT2D eigenvalue weighted by molar-refractivity contribution is 0.376. The third-order valence-electron chi connectivity index (χ3n) is 2.26. The predicted octanol–water partition coefficient (Wildman–Crippen LogP) is 3.36. The largest absolute Gasteiger partial charge is 0.198 e. The summed E-state index contributed by atoms with van der Waals surface area (Å²) in [6, 6.07) is 2.32. The highest BCUT2D eigenvalue weighted by atomic mass is 14.3. The molecule has 0 aliphatic heterocycles. The number of nitriles is 1. The van der Waals surface area contributed by atoms with Crippen LogP contribution in [0.2, 0.25) is 0 Å². The molecule has 0 amide bonds. The molecule has 1 heteroatoms. The molecule has 0 radical (unpaired) electrons. The zero-order valence-corrected chi connectivity index (χ0v) is 8.15. The smallest absolute Gasteiger partial charge is 0.0683 e. The molecule has 0 rings (SSSR count). The van der Waals surface area contributed by atoms with Gasteiger partial charge >= 0.3 is 0 Å². The van der Waals surface area contributed by atoms with Crippen molar-refractivity contribution in [2.24, 2.45) is 11.3 Å². The Balaban J connectivity index is 3.63. The van der Waals surface area contributed by atoms with E-state index < -0.39 is 0 Å². The van der Waals surface area contributed by atoms with Gasteiger partial charge < -0.3 is 0 Å². The van der Waals surface area contributed by atoms with Crippen LogP contribution in [0, 0.1) is 22.7 Å². The van der Waals surface area contributed by atoms with E-state index in [4.69, 9.17) is 5.26 Å². The van der Waals surface area contributed by atoms with E-state index in [0.29, 0.717) is 0 Å². The fourth-order valence-electron chi connectivity index (χ4n) is 0.867. The average Bonchev–Trinajstić information content (AvgIpc) is 2.00. The van der Waals surface area contributed by atoms with Crippen LogP contribution in [0.4, 0.5) is 0 Å². The Morgan fingerprint density at radius 3 is 2.36 bits per heavy atom. The van der Waals surface area contributed by atoms with Crippen LogP contribution in [0.25, 0.3) is 0 Å². The second kappa shape index (κ2) is 4.38. The molecule has 0 heterocycles. The van der Waals surface area contributed by atoms with Gasteiger partial charge in [0.1, 0.15) is 0 Å².